The minimum absolute atomic E-state index is 0.151. The zero-order valence-corrected chi connectivity index (χ0v) is 10.3. The smallest absolute Gasteiger partial charge is 0.315 e. The summed E-state index contributed by atoms with van der Waals surface area (Å²) in [6, 6.07) is 0.151. The van der Waals surface area contributed by atoms with E-state index in [1.165, 1.54) is 17.8 Å². The number of hydrogen-bond donors (Lipinski definition) is 2. The molecule has 17 heavy (non-hydrogen) atoms. The average molecular weight is 253 g/mol. The molecule has 0 radical (unpaired) electrons. The molecule has 0 unspecified atom stereocenters. The predicted octanol–water partition coefficient (Wildman–Crippen LogP) is 1.53. The third-order valence-corrected chi connectivity index (χ3v) is 3.49. The Morgan fingerprint density at radius 1 is 1.24 bits per heavy atom. The lowest BCUT2D eigenvalue weighted by Gasteiger charge is -2.22. The lowest BCUT2D eigenvalue weighted by Crippen LogP contribution is -2.42. The molecule has 0 saturated heterocycles. The Morgan fingerprint density at radius 2 is 2.00 bits per heavy atom. The number of hydrogen-bond acceptors (Lipinski definition) is 4. The van der Waals surface area contributed by atoms with Gasteiger partial charge < -0.3 is 5.32 Å². The SMILES string of the molecule is O=C(Nc1nccs1)C(=O)NC1CCCCC1. The highest BCUT2D eigenvalue weighted by Gasteiger charge is 2.20. The topological polar surface area (TPSA) is 71.1 Å². The average Bonchev–Trinajstić information content (AvgIpc) is 2.83. The molecule has 0 aliphatic heterocycles. The van der Waals surface area contributed by atoms with Gasteiger partial charge in [0, 0.05) is 17.6 Å². The molecule has 1 aromatic rings. The van der Waals surface area contributed by atoms with E-state index in [9.17, 15) is 9.59 Å². The van der Waals surface area contributed by atoms with Gasteiger partial charge in [-0.25, -0.2) is 4.98 Å². The minimum Gasteiger partial charge on any atom is -0.345 e. The summed E-state index contributed by atoms with van der Waals surface area (Å²) in [5.41, 5.74) is 0. The van der Waals surface area contributed by atoms with Gasteiger partial charge in [-0.05, 0) is 12.8 Å². The first kappa shape index (κ1) is 12.0. The Bertz CT molecular complexity index is 385. The number of rotatable bonds is 2. The molecule has 1 saturated carbocycles. The van der Waals surface area contributed by atoms with E-state index in [1.807, 2.05) is 0 Å². The van der Waals surface area contributed by atoms with Gasteiger partial charge in [0.1, 0.15) is 0 Å². The Hall–Kier alpha value is -1.43. The summed E-state index contributed by atoms with van der Waals surface area (Å²) in [6.45, 7) is 0. The molecule has 0 spiro atoms. The van der Waals surface area contributed by atoms with Crippen molar-refractivity contribution >= 4 is 28.3 Å². The van der Waals surface area contributed by atoms with Crippen LogP contribution in [0.4, 0.5) is 5.13 Å². The standard InChI is InChI=1S/C11H15N3O2S/c15-9(13-8-4-2-1-3-5-8)10(16)14-11-12-6-7-17-11/h6-8H,1-5H2,(H,13,15)(H,12,14,16). The van der Waals surface area contributed by atoms with Gasteiger partial charge in [-0.15, -0.1) is 11.3 Å². The number of carbonyl (C=O) groups excluding carboxylic acids is 2. The van der Waals surface area contributed by atoms with Gasteiger partial charge >= 0.3 is 11.8 Å². The zero-order valence-electron chi connectivity index (χ0n) is 9.44. The Balaban J connectivity index is 1.80. The summed E-state index contributed by atoms with van der Waals surface area (Å²) in [4.78, 5) is 27.0. The van der Waals surface area contributed by atoms with Crippen molar-refractivity contribution in [1.29, 1.82) is 0 Å². The molecule has 1 heterocycles. The van der Waals surface area contributed by atoms with Crippen molar-refractivity contribution in [2.24, 2.45) is 0 Å². The lowest BCUT2D eigenvalue weighted by atomic mass is 9.95. The van der Waals surface area contributed by atoms with Crippen LogP contribution in [-0.4, -0.2) is 22.8 Å². The molecule has 2 N–H and O–H groups in total. The summed E-state index contributed by atoms with van der Waals surface area (Å²) in [5, 5.41) is 7.42. The molecular weight excluding hydrogens is 238 g/mol. The number of thiazole rings is 1. The van der Waals surface area contributed by atoms with Gasteiger partial charge in [0.15, 0.2) is 5.13 Å². The Morgan fingerprint density at radius 3 is 2.65 bits per heavy atom. The molecule has 0 aromatic carbocycles. The molecule has 1 aliphatic rings. The zero-order chi connectivity index (χ0) is 12.1. The molecule has 92 valence electrons. The normalized spacial score (nSPS) is 16.5. The van der Waals surface area contributed by atoms with Crippen LogP contribution in [0.5, 0.6) is 0 Å². The van der Waals surface area contributed by atoms with Crippen molar-refractivity contribution in [2.75, 3.05) is 5.32 Å². The van der Waals surface area contributed by atoms with Crippen molar-refractivity contribution in [1.82, 2.24) is 10.3 Å². The fourth-order valence-electron chi connectivity index (χ4n) is 1.94. The van der Waals surface area contributed by atoms with Crippen LogP contribution in [-0.2, 0) is 9.59 Å². The maximum Gasteiger partial charge on any atom is 0.315 e. The molecule has 6 heteroatoms. The van der Waals surface area contributed by atoms with Crippen LogP contribution >= 0.6 is 11.3 Å². The van der Waals surface area contributed by atoms with E-state index >= 15 is 0 Å². The first-order chi connectivity index (χ1) is 8.25. The summed E-state index contributed by atoms with van der Waals surface area (Å²) in [6.07, 6.45) is 6.99. The van der Waals surface area contributed by atoms with Crippen LogP contribution in [0.2, 0.25) is 0 Å². The Labute approximate surface area is 104 Å². The first-order valence-electron chi connectivity index (χ1n) is 5.77. The quantitative estimate of drug-likeness (QED) is 0.785. The highest BCUT2D eigenvalue weighted by atomic mass is 32.1. The van der Waals surface area contributed by atoms with Crippen molar-refractivity contribution in [3.8, 4) is 0 Å². The molecule has 1 fully saturated rings. The monoisotopic (exact) mass is 253 g/mol. The van der Waals surface area contributed by atoms with E-state index in [2.05, 4.69) is 15.6 Å². The third kappa shape index (κ3) is 3.52. The number of amides is 2. The van der Waals surface area contributed by atoms with E-state index < -0.39 is 11.8 Å². The number of nitrogens with zero attached hydrogens (tertiary/aromatic N) is 1. The van der Waals surface area contributed by atoms with Gasteiger partial charge in [-0.1, -0.05) is 19.3 Å². The van der Waals surface area contributed by atoms with Crippen molar-refractivity contribution in [2.45, 2.75) is 38.1 Å². The van der Waals surface area contributed by atoms with Gasteiger partial charge in [0.05, 0.1) is 0 Å². The maximum absolute atomic E-state index is 11.6. The van der Waals surface area contributed by atoms with Crippen LogP contribution in [0.3, 0.4) is 0 Å². The fourth-order valence-corrected chi connectivity index (χ4v) is 2.46. The maximum atomic E-state index is 11.6. The summed E-state index contributed by atoms with van der Waals surface area (Å²) in [5.74, 6) is -1.20. The fraction of sp³-hybridized carbons (Fsp3) is 0.545. The highest BCUT2D eigenvalue weighted by Crippen LogP contribution is 2.17. The molecular formula is C11H15N3O2S. The molecule has 0 bridgehead atoms. The number of aromatic nitrogens is 1. The third-order valence-electron chi connectivity index (χ3n) is 2.80. The van der Waals surface area contributed by atoms with Crippen LogP contribution in [0.15, 0.2) is 11.6 Å². The molecule has 1 aliphatic carbocycles. The molecule has 2 rings (SSSR count). The van der Waals surface area contributed by atoms with Crippen LogP contribution in [0.1, 0.15) is 32.1 Å². The van der Waals surface area contributed by atoms with E-state index in [-0.39, 0.29) is 6.04 Å². The number of anilines is 1. The molecule has 2 amide bonds. The van der Waals surface area contributed by atoms with Crippen LogP contribution in [0, 0.1) is 0 Å². The van der Waals surface area contributed by atoms with Crippen LogP contribution in [0.25, 0.3) is 0 Å². The molecule has 5 nitrogen and oxygen atoms in total. The molecule has 1 aromatic heterocycles. The Kier molecular flexibility index (Phi) is 4.08. The van der Waals surface area contributed by atoms with E-state index in [0.29, 0.717) is 5.13 Å². The minimum atomic E-state index is -0.634. The number of nitrogens with one attached hydrogen (secondary N) is 2. The van der Waals surface area contributed by atoms with Gasteiger partial charge in [-0.3, -0.25) is 14.9 Å². The van der Waals surface area contributed by atoms with E-state index in [0.717, 1.165) is 25.7 Å². The van der Waals surface area contributed by atoms with Crippen molar-refractivity contribution in [3.63, 3.8) is 0 Å². The largest absolute Gasteiger partial charge is 0.345 e. The van der Waals surface area contributed by atoms with Crippen molar-refractivity contribution in [3.05, 3.63) is 11.6 Å². The number of carbonyl (C=O) groups is 2. The first-order valence-corrected chi connectivity index (χ1v) is 6.65. The van der Waals surface area contributed by atoms with Crippen molar-refractivity contribution < 1.29 is 9.59 Å². The van der Waals surface area contributed by atoms with Gasteiger partial charge in [0.2, 0.25) is 0 Å². The predicted molar refractivity (Wildman–Crippen MR) is 65.8 cm³/mol. The highest BCUT2D eigenvalue weighted by molar-refractivity contribution is 7.13. The second kappa shape index (κ2) is 5.77. The summed E-state index contributed by atoms with van der Waals surface area (Å²) < 4.78 is 0. The van der Waals surface area contributed by atoms with E-state index in [1.54, 1.807) is 11.6 Å². The lowest BCUT2D eigenvalue weighted by molar-refractivity contribution is -0.136. The van der Waals surface area contributed by atoms with Gasteiger partial charge in [-0.2, -0.15) is 0 Å². The van der Waals surface area contributed by atoms with Crippen LogP contribution < -0.4 is 10.6 Å². The summed E-state index contributed by atoms with van der Waals surface area (Å²) >= 11 is 1.29. The molecule has 0 atom stereocenters. The van der Waals surface area contributed by atoms with Gasteiger partial charge in [0.25, 0.3) is 0 Å². The second-order valence-electron chi connectivity index (χ2n) is 4.10. The summed E-state index contributed by atoms with van der Waals surface area (Å²) in [7, 11) is 0. The van der Waals surface area contributed by atoms with E-state index in [4.69, 9.17) is 0 Å². The second-order valence-corrected chi connectivity index (χ2v) is 4.99.